The van der Waals surface area contributed by atoms with Gasteiger partial charge in [-0.2, -0.15) is 0 Å². The summed E-state index contributed by atoms with van der Waals surface area (Å²) in [6.07, 6.45) is 0. The van der Waals surface area contributed by atoms with Crippen molar-refractivity contribution in [2.24, 2.45) is 0 Å². The summed E-state index contributed by atoms with van der Waals surface area (Å²) in [5.74, 6) is -0.996. The molecule has 0 bridgehead atoms. The summed E-state index contributed by atoms with van der Waals surface area (Å²) < 4.78 is 6.25. The Hall–Kier alpha value is -4.26. The average Bonchev–Trinajstić information content (AvgIpc) is 3.42. The van der Waals surface area contributed by atoms with E-state index in [1.54, 1.807) is 59.5 Å². The number of thiazole rings is 1. The number of thioether (sulfide) groups is 1. The van der Waals surface area contributed by atoms with Crippen molar-refractivity contribution in [3.05, 3.63) is 83.4 Å². The van der Waals surface area contributed by atoms with Crippen molar-refractivity contribution in [1.29, 1.82) is 0 Å². The smallest absolute Gasteiger partial charge is 0.337 e. The van der Waals surface area contributed by atoms with Gasteiger partial charge in [-0.15, -0.1) is 11.3 Å². The molecule has 1 aliphatic heterocycles. The molecule has 1 aromatic heterocycles. The Morgan fingerprint density at radius 3 is 2.31 bits per heavy atom. The maximum absolute atomic E-state index is 13.2. The Kier molecular flexibility index (Phi) is 9.15. The number of aromatic nitrogens is 1. The van der Waals surface area contributed by atoms with Crippen LogP contribution in [0.25, 0.3) is 10.2 Å². The lowest BCUT2D eigenvalue weighted by Gasteiger charge is -2.32. The Bertz CT molecular complexity index is 1630. The quantitative estimate of drug-likeness (QED) is 0.224. The van der Waals surface area contributed by atoms with Gasteiger partial charge in [0.2, 0.25) is 5.91 Å². The van der Waals surface area contributed by atoms with E-state index in [0.29, 0.717) is 45.5 Å². The minimum atomic E-state index is -0.442. The van der Waals surface area contributed by atoms with Crippen LogP contribution in [0.3, 0.4) is 0 Å². The van der Waals surface area contributed by atoms with E-state index in [1.165, 1.54) is 30.2 Å². The van der Waals surface area contributed by atoms with Crippen LogP contribution in [0.15, 0.2) is 71.1 Å². The van der Waals surface area contributed by atoms with Crippen LogP contribution in [0.1, 0.15) is 31.1 Å². The summed E-state index contributed by atoms with van der Waals surface area (Å²) >= 11 is 2.73. The zero-order chi connectivity index (χ0) is 29.6. The SMILES string of the molecule is COC(=O)c1ccc(NC(=O)CSc2nc3ccc(NC(=O)c4ccccc4C(=O)N4CCN(C)CC4)cc3s2)cc1. The van der Waals surface area contributed by atoms with Crippen molar-refractivity contribution in [1.82, 2.24) is 14.8 Å². The third kappa shape index (κ3) is 6.96. The van der Waals surface area contributed by atoms with Crippen LogP contribution in [-0.2, 0) is 9.53 Å². The van der Waals surface area contributed by atoms with Crippen LogP contribution in [-0.4, -0.2) is 84.6 Å². The van der Waals surface area contributed by atoms with E-state index >= 15 is 0 Å². The van der Waals surface area contributed by atoms with Crippen molar-refractivity contribution in [2.75, 3.05) is 56.7 Å². The predicted molar refractivity (Wildman–Crippen MR) is 165 cm³/mol. The van der Waals surface area contributed by atoms with E-state index in [-0.39, 0.29) is 23.5 Å². The summed E-state index contributed by atoms with van der Waals surface area (Å²) in [4.78, 5) is 59.0. The second kappa shape index (κ2) is 13.1. The minimum absolute atomic E-state index is 0.143. The van der Waals surface area contributed by atoms with Crippen LogP contribution in [0, 0.1) is 0 Å². The fourth-order valence-electron chi connectivity index (χ4n) is 4.42. The Morgan fingerprint density at radius 2 is 1.60 bits per heavy atom. The van der Waals surface area contributed by atoms with Gasteiger partial charge in [-0.3, -0.25) is 14.4 Å². The number of esters is 1. The van der Waals surface area contributed by atoms with Crippen molar-refractivity contribution < 1.29 is 23.9 Å². The Labute approximate surface area is 251 Å². The highest BCUT2D eigenvalue weighted by atomic mass is 32.2. The molecule has 1 fully saturated rings. The lowest BCUT2D eigenvalue weighted by Crippen LogP contribution is -2.47. The molecule has 3 amide bonds. The molecule has 216 valence electrons. The van der Waals surface area contributed by atoms with Crippen molar-refractivity contribution in [2.45, 2.75) is 4.34 Å². The largest absolute Gasteiger partial charge is 0.465 e. The number of benzene rings is 3. The standard InChI is InChI=1S/C30H29N5O5S2/c1-34-13-15-35(16-14-34)28(38)23-6-4-3-5-22(23)27(37)32-21-11-12-24-25(17-21)42-30(33-24)41-18-26(36)31-20-9-7-19(8-10-20)29(39)40-2/h3-12,17H,13-16,18H2,1-2H3,(H,31,36)(H,32,37). The van der Waals surface area contributed by atoms with Gasteiger partial charge in [-0.05, 0) is 61.6 Å². The van der Waals surface area contributed by atoms with Gasteiger partial charge in [0.05, 0.1) is 39.8 Å². The summed E-state index contributed by atoms with van der Waals surface area (Å²) in [6.45, 7) is 2.84. The molecule has 42 heavy (non-hydrogen) atoms. The number of piperazine rings is 1. The molecule has 10 nitrogen and oxygen atoms in total. The first-order valence-electron chi connectivity index (χ1n) is 13.2. The number of hydrogen-bond donors (Lipinski definition) is 2. The van der Waals surface area contributed by atoms with Gasteiger partial charge < -0.3 is 25.2 Å². The molecule has 0 saturated carbocycles. The van der Waals surface area contributed by atoms with Crippen molar-refractivity contribution >= 4 is 68.4 Å². The molecule has 12 heteroatoms. The van der Waals surface area contributed by atoms with E-state index in [1.807, 2.05) is 19.2 Å². The van der Waals surface area contributed by atoms with Crippen molar-refractivity contribution in [3.8, 4) is 0 Å². The number of carbonyl (C=O) groups excluding carboxylic acids is 4. The van der Waals surface area contributed by atoms with E-state index in [0.717, 1.165) is 23.3 Å². The van der Waals surface area contributed by atoms with E-state index in [2.05, 4.69) is 25.3 Å². The van der Waals surface area contributed by atoms with Gasteiger partial charge in [0.15, 0.2) is 4.34 Å². The van der Waals surface area contributed by atoms with Gasteiger partial charge >= 0.3 is 5.97 Å². The van der Waals surface area contributed by atoms with Crippen LogP contribution < -0.4 is 10.6 Å². The second-order valence-electron chi connectivity index (χ2n) is 9.66. The van der Waals surface area contributed by atoms with Crippen LogP contribution in [0.5, 0.6) is 0 Å². The molecular weight excluding hydrogens is 574 g/mol. The van der Waals surface area contributed by atoms with Gasteiger partial charge in [-0.25, -0.2) is 9.78 Å². The zero-order valence-electron chi connectivity index (χ0n) is 23.1. The van der Waals surface area contributed by atoms with Gasteiger partial charge in [0.1, 0.15) is 0 Å². The number of nitrogens with one attached hydrogen (secondary N) is 2. The van der Waals surface area contributed by atoms with E-state index < -0.39 is 5.97 Å². The number of methoxy groups -OCH3 is 1. The molecule has 2 N–H and O–H groups in total. The number of amides is 3. The summed E-state index contributed by atoms with van der Waals surface area (Å²) in [6, 6.07) is 18.7. The average molecular weight is 604 g/mol. The summed E-state index contributed by atoms with van der Waals surface area (Å²) in [7, 11) is 3.34. The molecule has 0 spiro atoms. The van der Waals surface area contributed by atoms with Gasteiger partial charge in [0.25, 0.3) is 11.8 Å². The van der Waals surface area contributed by atoms with Crippen LogP contribution in [0.2, 0.25) is 0 Å². The predicted octanol–water partition coefficient (Wildman–Crippen LogP) is 4.45. The van der Waals surface area contributed by atoms with E-state index in [9.17, 15) is 19.2 Å². The highest BCUT2D eigenvalue weighted by Gasteiger charge is 2.24. The summed E-state index contributed by atoms with van der Waals surface area (Å²) in [5.41, 5.74) is 3.03. The molecule has 1 saturated heterocycles. The second-order valence-corrected chi connectivity index (χ2v) is 11.9. The number of rotatable bonds is 8. The molecule has 4 aromatic rings. The highest BCUT2D eigenvalue weighted by Crippen LogP contribution is 2.31. The maximum atomic E-state index is 13.2. The van der Waals surface area contributed by atoms with Gasteiger partial charge in [-0.1, -0.05) is 23.9 Å². The highest BCUT2D eigenvalue weighted by molar-refractivity contribution is 8.01. The normalized spacial score (nSPS) is 13.5. The minimum Gasteiger partial charge on any atom is -0.465 e. The van der Waals surface area contributed by atoms with Crippen LogP contribution in [0.4, 0.5) is 11.4 Å². The monoisotopic (exact) mass is 603 g/mol. The zero-order valence-corrected chi connectivity index (χ0v) is 24.7. The first-order chi connectivity index (χ1) is 20.3. The molecule has 3 aromatic carbocycles. The number of likely N-dealkylation sites (N-methyl/N-ethyl adjacent to an activating group) is 1. The summed E-state index contributed by atoms with van der Waals surface area (Å²) in [5, 5.41) is 5.72. The Morgan fingerprint density at radius 1 is 0.905 bits per heavy atom. The maximum Gasteiger partial charge on any atom is 0.337 e. The lowest BCUT2D eigenvalue weighted by atomic mass is 10.0. The number of fused-ring (bicyclic) bond motifs is 1. The number of carbonyl (C=O) groups is 4. The number of ether oxygens (including phenoxy) is 1. The number of nitrogens with zero attached hydrogens (tertiary/aromatic N) is 3. The third-order valence-corrected chi connectivity index (χ3v) is 8.90. The Balaban J connectivity index is 1.20. The van der Waals surface area contributed by atoms with E-state index in [4.69, 9.17) is 0 Å². The fourth-order valence-corrected chi connectivity index (χ4v) is 6.33. The lowest BCUT2D eigenvalue weighted by molar-refractivity contribution is -0.113. The third-order valence-electron chi connectivity index (χ3n) is 6.74. The molecule has 1 aliphatic rings. The molecule has 5 rings (SSSR count). The molecule has 0 atom stereocenters. The first kappa shape index (κ1) is 29.2. The molecule has 2 heterocycles. The van der Waals surface area contributed by atoms with Crippen molar-refractivity contribution in [3.63, 3.8) is 0 Å². The fraction of sp³-hybridized carbons (Fsp3) is 0.233. The molecular formula is C30H29N5O5S2. The molecule has 0 unspecified atom stereocenters. The molecule has 0 aliphatic carbocycles. The van der Waals surface area contributed by atoms with Gasteiger partial charge in [0, 0.05) is 37.6 Å². The number of hydrogen-bond acceptors (Lipinski definition) is 9. The van der Waals surface area contributed by atoms with Crippen LogP contribution >= 0.6 is 23.1 Å². The number of anilines is 2. The topological polar surface area (TPSA) is 121 Å². The molecule has 0 radical (unpaired) electrons. The first-order valence-corrected chi connectivity index (χ1v) is 15.0.